The SMILES string of the molecule is C=C1N(C)CC[C@@]1(O)C#Cc1ccc(F)c(-c2nc(C(N)=O)n3cc(Cl)ccc23)c1. The molecule has 1 aliphatic heterocycles. The summed E-state index contributed by atoms with van der Waals surface area (Å²) in [6.45, 7) is 4.54. The molecule has 3 heterocycles. The fourth-order valence-corrected chi connectivity index (χ4v) is 3.61. The van der Waals surface area contributed by atoms with Crippen molar-refractivity contribution in [2.45, 2.75) is 12.0 Å². The summed E-state index contributed by atoms with van der Waals surface area (Å²) in [7, 11) is 1.84. The van der Waals surface area contributed by atoms with Crippen LogP contribution < -0.4 is 5.73 Å². The number of fused-ring (bicyclic) bond motifs is 1. The largest absolute Gasteiger partial charge is 0.375 e. The third kappa shape index (κ3) is 3.30. The van der Waals surface area contributed by atoms with Crippen molar-refractivity contribution in [3.63, 3.8) is 0 Å². The first-order valence-electron chi connectivity index (χ1n) is 9.13. The van der Waals surface area contributed by atoms with E-state index >= 15 is 0 Å². The number of nitrogens with two attached hydrogens (primary N) is 1. The number of primary amides is 1. The van der Waals surface area contributed by atoms with Crippen LogP contribution in [-0.4, -0.2) is 44.5 Å². The molecular weight excluding hydrogens is 407 g/mol. The Kier molecular flexibility index (Phi) is 4.77. The first-order chi connectivity index (χ1) is 14.2. The summed E-state index contributed by atoms with van der Waals surface area (Å²) in [6.07, 6.45) is 1.94. The molecule has 1 amide bonds. The number of rotatable bonds is 2. The van der Waals surface area contributed by atoms with Gasteiger partial charge in [-0.2, -0.15) is 0 Å². The van der Waals surface area contributed by atoms with Gasteiger partial charge < -0.3 is 15.7 Å². The van der Waals surface area contributed by atoms with E-state index in [4.69, 9.17) is 17.3 Å². The van der Waals surface area contributed by atoms with Gasteiger partial charge in [0.25, 0.3) is 5.91 Å². The van der Waals surface area contributed by atoms with Gasteiger partial charge >= 0.3 is 0 Å². The van der Waals surface area contributed by atoms with Crippen LogP contribution in [0.15, 0.2) is 48.8 Å². The number of aromatic nitrogens is 2. The Balaban J connectivity index is 1.82. The van der Waals surface area contributed by atoms with Crippen LogP contribution in [0.4, 0.5) is 4.39 Å². The van der Waals surface area contributed by atoms with Crippen molar-refractivity contribution in [2.75, 3.05) is 13.6 Å². The minimum absolute atomic E-state index is 0.0574. The quantitative estimate of drug-likeness (QED) is 0.620. The number of carbonyl (C=O) groups excluding carboxylic acids is 1. The maximum absolute atomic E-state index is 14.7. The highest BCUT2D eigenvalue weighted by Crippen LogP contribution is 2.31. The lowest BCUT2D eigenvalue weighted by atomic mass is 10.00. The van der Waals surface area contributed by atoms with E-state index in [1.807, 2.05) is 11.9 Å². The molecule has 0 saturated carbocycles. The molecular formula is C22H18ClFN4O2. The van der Waals surface area contributed by atoms with Crippen LogP contribution in [0.3, 0.4) is 0 Å². The van der Waals surface area contributed by atoms with Crippen molar-refractivity contribution < 1.29 is 14.3 Å². The number of carbonyl (C=O) groups is 1. The number of halogens is 2. The topological polar surface area (TPSA) is 83.9 Å². The lowest BCUT2D eigenvalue weighted by Gasteiger charge is -2.19. The zero-order valence-electron chi connectivity index (χ0n) is 16.1. The van der Waals surface area contributed by atoms with E-state index in [2.05, 4.69) is 23.4 Å². The van der Waals surface area contributed by atoms with E-state index in [0.29, 0.717) is 34.8 Å². The zero-order valence-corrected chi connectivity index (χ0v) is 16.9. The Morgan fingerprint density at radius 3 is 2.83 bits per heavy atom. The second-order valence-electron chi connectivity index (χ2n) is 7.17. The molecule has 0 bridgehead atoms. The van der Waals surface area contributed by atoms with Gasteiger partial charge in [0, 0.05) is 37.3 Å². The second-order valence-corrected chi connectivity index (χ2v) is 7.61. The van der Waals surface area contributed by atoms with Gasteiger partial charge in [-0.25, -0.2) is 9.37 Å². The summed E-state index contributed by atoms with van der Waals surface area (Å²) < 4.78 is 16.1. The number of amides is 1. The highest BCUT2D eigenvalue weighted by atomic mass is 35.5. The number of imidazole rings is 1. The molecule has 4 rings (SSSR count). The van der Waals surface area contributed by atoms with Gasteiger partial charge in [0.1, 0.15) is 5.82 Å². The van der Waals surface area contributed by atoms with Gasteiger partial charge in [-0.1, -0.05) is 30.0 Å². The smallest absolute Gasteiger partial charge is 0.285 e. The minimum atomic E-state index is -1.32. The molecule has 0 unspecified atom stereocenters. The number of nitrogens with zero attached hydrogens (tertiary/aromatic N) is 3. The molecule has 1 atom stereocenters. The minimum Gasteiger partial charge on any atom is -0.375 e. The maximum Gasteiger partial charge on any atom is 0.285 e. The van der Waals surface area contributed by atoms with Crippen LogP contribution in [0.1, 0.15) is 22.6 Å². The van der Waals surface area contributed by atoms with E-state index in [0.717, 1.165) is 0 Å². The molecule has 30 heavy (non-hydrogen) atoms. The first kappa shape index (κ1) is 20.0. The van der Waals surface area contributed by atoms with Crippen molar-refractivity contribution in [1.29, 1.82) is 0 Å². The molecule has 2 aromatic heterocycles. The fraction of sp³-hybridized carbons (Fsp3) is 0.182. The number of likely N-dealkylation sites (tertiary alicyclic amines) is 1. The highest BCUT2D eigenvalue weighted by molar-refractivity contribution is 6.30. The average Bonchev–Trinajstić information content (AvgIpc) is 3.20. The molecule has 3 aromatic rings. The van der Waals surface area contributed by atoms with E-state index in [9.17, 15) is 14.3 Å². The molecule has 3 N–H and O–H groups in total. The number of hydrogen-bond acceptors (Lipinski definition) is 4. The molecule has 0 aliphatic carbocycles. The third-order valence-electron chi connectivity index (χ3n) is 5.20. The summed E-state index contributed by atoms with van der Waals surface area (Å²) in [5, 5.41) is 11.1. The van der Waals surface area contributed by atoms with E-state index in [1.165, 1.54) is 28.8 Å². The lowest BCUT2D eigenvalue weighted by molar-refractivity contribution is 0.0990. The van der Waals surface area contributed by atoms with E-state index in [1.54, 1.807) is 12.1 Å². The molecule has 1 aliphatic rings. The lowest BCUT2D eigenvalue weighted by Crippen LogP contribution is -2.26. The van der Waals surface area contributed by atoms with Crippen molar-refractivity contribution in [3.05, 3.63) is 71.0 Å². The van der Waals surface area contributed by atoms with Crippen LogP contribution in [0.2, 0.25) is 5.02 Å². The maximum atomic E-state index is 14.7. The molecule has 1 fully saturated rings. The predicted molar refractivity (Wildman–Crippen MR) is 112 cm³/mol. The summed E-state index contributed by atoms with van der Waals surface area (Å²) in [5.41, 5.74) is 5.99. The fourth-order valence-electron chi connectivity index (χ4n) is 3.45. The van der Waals surface area contributed by atoms with Gasteiger partial charge in [0.15, 0.2) is 5.60 Å². The Hall–Kier alpha value is -3.34. The van der Waals surface area contributed by atoms with E-state index in [-0.39, 0.29) is 17.1 Å². The van der Waals surface area contributed by atoms with Gasteiger partial charge in [0.2, 0.25) is 5.82 Å². The molecule has 0 radical (unpaired) electrons. The summed E-state index contributed by atoms with van der Waals surface area (Å²) in [6, 6.07) is 7.56. The number of hydrogen-bond donors (Lipinski definition) is 2. The first-order valence-corrected chi connectivity index (χ1v) is 9.51. The second kappa shape index (κ2) is 7.17. The molecule has 0 spiro atoms. The highest BCUT2D eigenvalue weighted by Gasteiger charge is 2.36. The van der Waals surface area contributed by atoms with E-state index < -0.39 is 17.3 Å². The molecule has 1 aromatic carbocycles. The standard InChI is InChI=1S/C22H18ClFN4O2/c1-13-22(30,9-10-27(13)2)8-7-14-3-5-17(24)16(11-14)19-18-6-4-15(23)12-28(18)21(26-19)20(25)29/h3-6,11-12,30H,1,9-10H2,2H3,(H2,25,29)/t22-/m0/s1. The van der Waals surface area contributed by atoms with Crippen LogP contribution in [0.25, 0.3) is 16.8 Å². The molecule has 6 nitrogen and oxygen atoms in total. The Bertz CT molecular complexity index is 1270. The molecule has 8 heteroatoms. The Morgan fingerprint density at radius 1 is 1.40 bits per heavy atom. The molecule has 1 saturated heterocycles. The third-order valence-corrected chi connectivity index (χ3v) is 5.43. The number of pyridine rings is 1. The van der Waals surface area contributed by atoms with Crippen LogP contribution in [0.5, 0.6) is 0 Å². The number of benzene rings is 1. The van der Waals surface area contributed by atoms with Gasteiger partial charge in [0.05, 0.1) is 21.9 Å². The summed E-state index contributed by atoms with van der Waals surface area (Å²) in [4.78, 5) is 17.9. The van der Waals surface area contributed by atoms with Gasteiger partial charge in [-0.3, -0.25) is 9.20 Å². The zero-order chi connectivity index (χ0) is 21.6. The average molecular weight is 425 g/mol. The molecule has 152 valence electrons. The summed E-state index contributed by atoms with van der Waals surface area (Å²) in [5.74, 6) is 4.39. The van der Waals surface area contributed by atoms with Gasteiger partial charge in [-0.15, -0.1) is 0 Å². The van der Waals surface area contributed by atoms with Gasteiger partial charge in [-0.05, 0) is 30.3 Å². The van der Waals surface area contributed by atoms with Crippen molar-refractivity contribution in [3.8, 4) is 23.1 Å². The van der Waals surface area contributed by atoms with Crippen LogP contribution in [-0.2, 0) is 0 Å². The van der Waals surface area contributed by atoms with Crippen molar-refractivity contribution in [1.82, 2.24) is 14.3 Å². The van der Waals surface area contributed by atoms with Crippen molar-refractivity contribution in [2.24, 2.45) is 5.73 Å². The van der Waals surface area contributed by atoms with Crippen LogP contribution in [0, 0.1) is 17.7 Å². The monoisotopic (exact) mass is 424 g/mol. The van der Waals surface area contributed by atoms with Crippen molar-refractivity contribution >= 4 is 23.0 Å². The Morgan fingerprint density at radius 2 is 2.17 bits per heavy atom. The normalized spacial score (nSPS) is 18.5. The predicted octanol–water partition coefficient (Wildman–Crippen LogP) is 2.82. The number of aliphatic hydroxyl groups is 1. The summed E-state index contributed by atoms with van der Waals surface area (Å²) >= 11 is 6.02. The number of likely N-dealkylation sites (N-methyl/N-ethyl adjacent to an activating group) is 1. The Labute approximate surface area is 177 Å². The van der Waals surface area contributed by atoms with Crippen LogP contribution >= 0.6 is 11.6 Å².